The predicted octanol–water partition coefficient (Wildman–Crippen LogP) is 3.51. The highest BCUT2D eigenvalue weighted by molar-refractivity contribution is 7.17. The molecule has 0 atom stereocenters. The van der Waals surface area contributed by atoms with Gasteiger partial charge in [-0.1, -0.05) is 42.0 Å². The Kier molecular flexibility index (Phi) is 7.12. The van der Waals surface area contributed by atoms with E-state index >= 15 is 0 Å². The number of thiophene rings is 1. The van der Waals surface area contributed by atoms with Gasteiger partial charge in [0.25, 0.3) is 11.5 Å². The van der Waals surface area contributed by atoms with Gasteiger partial charge in [0.1, 0.15) is 10.6 Å². The number of aromatic nitrogens is 2. The van der Waals surface area contributed by atoms with Gasteiger partial charge in [-0.25, -0.2) is 9.37 Å². The molecule has 0 unspecified atom stereocenters. The van der Waals surface area contributed by atoms with Gasteiger partial charge in [-0.15, -0.1) is 11.3 Å². The summed E-state index contributed by atoms with van der Waals surface area (Å²) in [7, 11) is 0. The van der Waals surface area contributed by atoms with Gasteiger partial charge in [0, 0.05) is 37.0 Å². The third-order valence-electron chi connectivity index (χ3n) is 5.35. The fourth-order valence-corrected chi connectivity index (χ4v) is 4.41. The second kappa shape index (κ2) is 10.4. The Balaban J connectivity index is 1.33. The maximum atomic E-state index is 13.6. The molecular weight excluding hydrogens is 455 g/mol. The van der Waals surface area contributed by atoms with Crippen molar-refractivity contribution in [2.24, 2.45) is 0 Å². The van der Waals surface area contributed by atoms with Crippen molar-refractivity contribution in [3.8, 4) is 11.1 Å². The summed E-state index contributed by atoms with van der Waals surface area (Å²) in [6.07, 6.45) is 1.54. The second-order valence-corrected chi connectivity index (χ2v) is 8.63. The maximum Gasteiger partial charge on any atom is 0.262 e. The van der Waals surface area contributed by atoms with Gasteiger partial charge in [0.2, 0.25) is 5.91 Å². The van der Waals surface area contributed by atoms with Crippen LogP contribution in [0, 0.1) is 12.7 Å². The summed E-state index contributed by atoms with van der Waals surface area (Å²) in [6, 6.07) is 13.6. The average molecular weight is 479 g/mol. The monoisotopic (exact) mass is 478 g/mol. The van der Waals surface area contributed by atoms with E-state index in [4.69, 9.17) is 0 Å². The molecule has 9 heteroatoms. The first-order valence-corrected chi connectivity index (χ1v) is 11.6. The van der Waals surface area contributed by atoms with Crippen LogP contribution in [0.5, 0.6) is 0 Å². The Labute approximate surface area is 199 Å². The molecule has 2 heterocycles. The highest BCUT2D eigenvalue weighted by Gasteiger charge is 2.14. The molecule has 0 aliphatic rings. The zero-order valence-electron chi connectivity index (χ0n) is 18.5. The number of aryl methyl sites for hydroxylation is 2. The van der Waals surface area contributed by atoms with Gasteiger partial charge in [0.15, 0.2) is 0 Å². The van der Waals surface area contributed by atoms with Crippen molar-refractivity contribution in [3.05, 3.63) is 87.5 Å². The molecule has 0 spiro atoms. The van der Waals surface area contributed by atoms with E-state index in [9.17, 15) is 18.8 Å². The molecule has 0 aliphatic carbocycles. The summed E-state index contributed by atoms with van der Waals surface area (Å²) in [5, 5.41) is 7.73. The molecule has 0 radical (unpaired) electrons. The Morgan fingerprint density at radius 2 is 1.79 bits per heavy atom. The topological polar surface area (TPSA) is 93.1 Å². The van der Waals surface area contributed by atoms with E-state index in [-0.39, 0.29) is 43.1 Å². The number of benzene rings is 2. The van der Waals surface area contributed by atoms with Crippen molar-refractivity contribution in [3.63, 3.8) is 0 Å². The largest absolute Gasteiger partial charge is 0.354 e. The molecule has 4 aromatic rings. The molecule has 0 fully saturated rings. The molecular formula is C25H23FN4O3S. The second-order valence-electron chi connectivity index (χ2n) is 7.77. The highest BCUT2D eigenvalue weighted by Crippen LogP contribution is 2.30. The van der Waals surface area contributed by atoms with E-state index in [0.717, 1.165) is 16.7 Å². The molecule has 0 saturated heterocycles. The van der Waals surface area contributed by atoms with Crippen molar-refractivity contribution in [1.29, 1.82) is 0 Å². The van der Waals surface area contributed by atoms with E-state index < -0.39 is 11.7 Å². The summed E-state index contributed by atoms with van der Waals surface area (Å²) in [6.45, 7) is 2.53. The lowest BCUT2D eigenvalue weighted by atomic mass is 10.1. The highest BCUT2D eigenvalue weighted by atomic mass is 32.1. The van der Waals surface area contributed by atoms with Crippen molar-refractivity contribution in [2.75, 3.05) is 13.1 Å². The number of nitrogens with one attached hydrogen (secondary N) is 2. The van der Waals surface area contributed by atoms with E-state index in [1.165, 1.54) is 40.4 Å². The van der Waals surface area contributed by atoms with Crippen LogP contribution in [-0.4, -0.2) is 34.5 Å². The molecule has 7 nitrogen and oxygen atoms in total. The van der Waals surface area contributed by atoms with Crippen LogP contribution in [-0.2, 0) is 11.3 Å². The molecule has 2 N–H and O–H groups in total. The molecule has 2 amide bonds. The number of halogens is 1. The number of fused-ring (bicyclic) bond motifs is 1. The average Bonchev–Trinajstić information content (AvgIpc) is 3.27. The van der Waals surface area contributed by atoms with E-state index in [1.807, 2.05) is 36.6 Å². The molecule has 0 aliphatic heterocycles. The van der Waals surface area contributed by atoms with Gasteiger partial charge in [-0.2, -0.15) is 0 Å². The Morgan fingerprint density at radius 3 is 2.56 bits per heavy atom. The number of amides is 2. The van der Waals surface area contributed by atoms with Crippen molar-refractivity contribution in [1.82, 2.24) is 20.2 Å². The van der Waals surface area contributed by atoms with Crippen LogP contribution in [0.25, 0.3) is 21.3 Å². The Bertz CT molecular complexity index is 1400. The fourth-order valence-electron chi connectivity index (χ4n) is 3.50. The van der Waals surface area contributed by atoms with Gasteiger partial charge < -0.3 is 10.6 Å². The van der Waals surface area contributed by atoms with Crippen LogP contribution >= 0.6 is 11.3 Å². The standard InChI is InChI=1S/C25H23FN4O3S/c1-16-6-8-17(9-7-16)19-14-34-24-22(19)25(33)30(15-29-24)13-10-21(31)27-11-12-28-23(32)18-4-2-3-5-20(18)26/h2-9,14-15H,10-13H2,1H3,(H,27,31)(H,28,32). The van der Waals surface area contributed by atoms with Crippen LogP contribution in [0.15, 0.2) is 65.0 Å². The summed E-state index contributed by atoms with van der Waals surface area (Å²) in [5.41, 5.74) is 2.68. The van der Waals surface area contributed by atoms with Crippen molar-refractivity contribution in [2.45, 2.75) is 19.9 Å². The Hall–Kier alpha value is -3.85. The SMILES string of the molecule is Cc1ccc(-c2csc3ncn(CCC(=O)NCCNC(=O)c4ccccc4F)c(=O)c23)cc1. The number of hydrogen-bond donors (Lipinski definition) is 2. The van der Waals surface area contributed by atoms with Crippen LogP contribution in [0.2, 0.25) is 0 Å². The molecule has 34 heavy (non-hydrogen) atoms. The summed E-state index contributed by atoms with van der Waals surface area (Å²) in [5.74, 6) is -1.41. The van der Waals surface area contributed by atoms with Crippen molar-refractivity contribution < 1.29 is 14.0 Å². The van der Waals surface area contributed by atoms with Crippen molar-refractivity contribution >= 4 is 33.4 Å². The number of carbonyl (C=O) groups excluding carboxylic acids is 2. The number of nitrogens with zero attached hydrogens (tertiary/aromatic N) is 2. The number of rotatable bonds is 8. The van der Waals surface area contributed by atoms with Crippen LogP contribution < -0.4 is 16.2 Å². The lowest BCUT2D eigenvalue weighted by Gasteiger charge is -2.09. The predicted molar refractivity (Wildman–Crippen MR) is 130 cm³/mol. The molecule has 174 valence electrons. The minimum Gasteiger partial charge on any atom is -0.354 e. The lowest BCUT2D eigenvalue weighted by Crippen LogP contribution is -2.35. The number of hydrogen-bond acceptors (Lipinski definition) is 5. The van der Waals surface area contributed by atoms with Gasteiger partial charge >= 0.3 is 0 Å². The lowest BCUT2D eigenvalue weighted by molar-refractivity contribution is -0.121. The van der Waals surface area contributed by atoms with Gasteiger partial charge in [-0.05, 0) is 24.6 Å². The first-order valence-electron chi connectivity index (χ1n) is 10.8. The fraction of sp³-hybridized carbons (Fsp3) is 0.200. The Morgan fingerprint density at radius 1 is 1.06 bits per heavy atom. The summed E-state index contributed by atoms with van der Waals surface area (Å²) >= 11 is 1.41. The first-order chi connectivity index (χ1) is 16.4. The zero-order chi connectivity index (χ0) is 24.1. The molecule has 4 rings (SSSR count). The third-order valence-corrected chi connectivity index (χ3v) is 6.24. The molecule has 0 saturated carbocycles. The van der Waals surface area contributed by atoms with E-state index in [0.29, 0.717) is 10.2 Å². The van der Waals surface area contributed by atoms with E-state index in [2.05, 4.69) is 15.6 Å². The normalized spacial score (nSPS) is 10.9. The van der Waals surface area contributed by atoms with Gasteiger partial charge in [0.05, 0.1) is 17.3 Å². The summed E-state index contributed by atoms with van der Waals surface area (Å²) < 4.78 is 15.1. The quantitative estimate of drug-likeness (QED) is 0.379. The third kappa shape index (κ3) is 5.20. The minimum atomic E-state index is -0.601. The molecule has 2 aromatic carbocycles. The van der Waals surface area contributed by atoms with E-state index in [1.54, 1.807) is 6.07 Å². The zero-order valence-corrected chi connectivity index (χ0v) is 19.3. The van der Waals surface area contributed by atoms with Crippen LogP contribution in [0.4, 0.5) is 4.39 Å². The smallest absolute Gasteiger partial charge is 0.262 e. The first kappa shape index (κ1) is 23.3. The minimum absolute atomic E-state index is 0.0467. The van der Waals surface area contributed by atoms with Crippen LogP contribution in [0.1, 0.15) is 22.3 Å². The number of carbonyl (C=O) groups is 2. The molecule has 2 aromatic heterocycles. The molecule has 0 bridgehead atoms. The maximum absolute atomic E-state index is 13.6. The van der Waals surface area contributed by atoms with Gasteiger partial charge in [-0.3, -0.25) is 19.0 Å². The summed E-state index contributed by atoms with van der Waals surface area (Å²) in [4.78, 5) is 42.3. The van der Waals surface area contributed by atoms with Crippen LogP contribution in [0.3, 0.4) is 0 Å².